The Hall–Kier alpha value is -1.16. The quantitative estimate of drug-likeness (QED) is 0.877. The summed E-state index contributed by atoms with van der Waals surface area (Å²) in [6.45, 7) is 2.08. The number of thioether (sulfide) groups is 1. The third-order valence-electron chi connectivity index (χ3n) is 2.79. The highest BCUT2D eigenvalue weighted by molar-refractivity contribution is 7.98. The van der Waals surface area contributed by atoms with Crippen molar-refractivity contribution in [2.75, 3.05) is 19.1 Å². The van der Waals surface area contributed by atoms with Gasteiger partial charge >= 0.3 is 0 Å². The van der Waals surface area contributed by atoms with E-state index < -0.39 is 0 Å². The molecule has 94 valence electrons. The van der Waals surface area contributed by atoms with E-state index in [-0.39, 0.29) is 17.7 Å². The molecule has 0 aliphatic carbocycles. The van der Waals surface area contributed by atoms with Gasteiger partial charge in [0.25, 0.3) is 5.91 Å². The normalized spacial score (nSPS) is 12.2. The molecule has 0 heterocycles. The van der Waals surface area contributed by atoms with E-state index in [4.69, 9.17) is 0 Å². The van der Waals surface area contributed by atoms with Crippen molar-refractivity contribution in [3.63, 3.8) is 0 Å². The molecule has 4 heteroatoms. The van der Waals surface area contributed by atoms with E-state index >= 15 is 0 Å². The number of carbonyl (C=O) groups excluding carboxylic acids is 1. The lowest BCUT2D eigenvalue weighted by atomic mass is 10.1. The van der Waals surface area contributed by atoms with Crippen LogP contribution in [0, 0.1) is 0 Å². The monoisotopic (exact) mass is 253 g/mol. The number of amides is 1. The fourth-order valence-electron chi connectivity index (χ4n) is 1.70. The number of phenolic OH excluding ortho intramolecular Hbond substituents is 1. The second-order valence-electron chi connectivity index (χ2n) is 3.98. The first-order valence-corrected chi connectivity index (χ1v) is 7.04. The van der Waals surface area contributed by atoms with Gasteiger partial charge in [-0.3, -0.25) is 4.79 Å². The van der Waals surface area contributed by atoms with E-state index in [0.717, 1.165) is 12.2 Å². The fraction of sp³-hybridized carbons (Fsp3) is 0.462. The van der Waals surface area contributed by atoms with Crippen LogP contribution < -0.4 is 0 Å². The van der Waals surface area contributed by atoms with Gasteiger partial charge in [0, 0.05) is 24.4 Å². The van der Waals surface area contributed by atoms with Crippen molar-refractivity contribution in [2.45, 2.75) is 19.4 Å². The molecule has 0 saturated carbocycles. The Morgan fingerprint density at radius 3 is 2.76 bits per heavy atom. The van der Waals surface area contributed by atoms with Crippen molar-refractivity contribution in [2.24, 2.45) is 0 Å². The molecule has 0 bridgehead atoms. The van der Waals surface area contributed by atoms with Crippen molar-refractivity contribution >= 4 is 17.7 Å². The average Bonchev–Trinajstić information content (AvgIpc) is 2.34. The van der Waals surface area contributed by atoms with Crippen LogP contribution >= 0.6 is 11.8 Å². The van der Waals surface area contributed by atoms with Crippen molar-refractivity contribution in [1.29, 1.82) is 0 Å². The standard InChI is InChI=1S/C13H19NO2S/c1-4-11(9-17-3)14(2)13(16)10-6-5-7-12(15)8-10/h5-8,11,15H,4,9H2,1-3H3. The Morgan fingerprint density at radius 1 is 1.53 bits per heavy atom. The molecule has 0 aromatic heterocycles. The maximum Gasteiger partial charge on any atom is 0.254 e. The summed E-state index contributed by atoms with van der Waals surface area (Å²) in [6, 6.07) is 6.72. The van der Waals surface area contributed by atoms with Crippen LogP contribution in [0.4, 0.5) is 0 Å². The van der Waals surface area contributed by atoms with Gasteiger partial charge in [-0.1, -0.05) is 13.0 Å². The lowest BCUT2D eigenvalue weighted by Gasteiger charge is -2.26. The zero-order valence-corrected chi connectivity index (χ0v) is 11.3. The highest BCUT2D eigenvalue weighted by Gasteiger charge is 2.19. The molecule has 3 nitrogen and oxygen atoms in total. The van der Waals surface area contributed by atoms with Crippen molar-refractivity contribution in [3.05, 3.63) is 29.8 Å². The first-order valence-electron chi connectivity index (χ1n) is 5.65. The SMILES string of the molecule is CCC(CSC)N(C)C(=O)c1cccc(O)c1. The highest BCUT2D eigenvalue weighted by Crippen LogP contribution is 2.16. The van der Waals surface area contributed by atoms with Gasteiger partial charge in [0.2, 0.25) is 0 Å². The van der Waals surface area contributed by atoms with Gasteiger partial charge in [-0.15, -0.1) is 0 Å². The van der Waals surface area contributed by atoms with Gasteiger partial charge in [0.1, 0.15) is 5.75 Å². The van der Waals surface area contributed by atoms with Crippen LogP contribution in [0.15, 0.2) is 24.3 Å². The van der Waals surface area contributed by atoms with Crippen LogP contribution in [0.2, 0.25) is 0 Å². The maximum absolute atomic E-state index is 12.2. The Morgan fingerprint density at radius 2 is 2.24 bits per heavy atom. The van der Waals surface area contributed by atoms with Gasteiger partial charge in [0.05, 0.1) is 0 Å². The molecule has 0 saturated heterocycles. The molecule has 0 fully saturated rings. The minimum atomic E-state index is -0.0400. The minimum Gasteiger partial charge on any atom is -0.508 e. The summed E-state index contributed by atoms with van der Waals surface area (Å²) in [5, 5.41) is 9.37. The summed E-state index contributed by atoms with van der Waals surface area (Å²) in [6.07, 6.45) is 2.97. The van der Waals surface area contributed by atoms with Gasteiger partial charge in [-0.05, 0) is 30.9 Å². The lowest BCUT2D eigenvalue weighted by Crippen LogP contribution is -2.38. The summed E-state index contributed by atoms with van der Waals surface area (Å²) < 4.78 is 0. The van der Waals surface area contributed by atoms with Crippen LogP contribution in [-0.4, -0.2) is 41.0 Å². The highest BCUT2D eigenvalue weighted by atomic mass is 32.2. The number of hydrogen-bond donors (Lipinski definition) is 1. The number of hydrogen-bond acceptors (Lipinski definition) is 3. The molecule has 0 aliphatic rings. The zero-order valence-electron chi connectivity index (χ0n) is 10.5. The maximum atomic E-state index is 12.2. The molecule has 0 aliphatic heterocycles. The van der Waals surface area contributed by atoms with E-state index in [0.29, 0.717) is 5.56 Å². The third-order valence-corrected chi connectivity index (χ3v) is 3.51. The van der Waals surface area contributed by atoms with Crippen molar-refractivity contribution in [1.82, 2.24) is 4.90 Å². The topological polar surface area (TPSA) is 40.5 Å². The zero-order chi connectivity index (χ0) is 12.8. The Labute approximate surface area is 107 Å². The summed E-state index contributed by atoms with van der Waals surface area (Å²) in [4.78, 5) is 13.9. The first kappa shape index (κ1) is 13.9. The van der Waals surface area contributed by atoms with Crippen LogP contribution in [0.1, 0.15) is 23.7 Å². The smallest absolute Gasteiger partial charge is 0.254 e. The number of nitrogens with zero attached hydrogens (tertiary/aromatic N) is 1. The average molecular weight is 253 g/mol. The summed E-state index contributed by atoms with van der Waals surface area (Å²) in [5.41, 5.74) is 0.534. The minimum absolute atomic E-state index is 0.0400. The molecule has 1 N–H and O–H groups in total. The molecule has 1 atom stereocenters. The Kier molecular flexibility index (Phi) is 5.35. The summed E-state index contributed by atoms with van der Waals surface area (Å²) in [5.74, 6) is 1.02. The number of benzene rings is 1. The van der Waals surface area contributed by atoms with E-state index in [9.17, 15) is 9.90 Å². The summed E-state index contributed by atoms with van der Waals surface area (Å²) in [7, 11) is 1.82. The number of carbonyl (C=O) groups is 1. The van der Waals surface area contributed by atoms with Crippen LogP contribution in [0.3, 0.4) is 0 Å². The third kappa shape index (κ3) is 3.66. The number of phenols is 1. The van der Waals surface area contributed by atoms with Crippen molar-refractivity contribution < 1.29 is 9.90 Å². The molecule has 0 radical (unpaired) electrons. The fourth-order valence-corrected chi connectivity index (χ4v) is 2.55. The second kappa shape index (κ2) is 6.55. The Bertz CT molecular complexity index is 381. The molecule has 17 heavy (non-hydrogen) atoms. The Balaban J connectivity index is 2.81. The molecular weight excluding hydrogens is 234 g/mol. The second-order valence-corrected chi connectivity index (χ2v) is 4.89. The molecule has 1 rings (SSSR count). The van der Waals surface area contributed by atoms with E-state index in [1.165, 1.54) is 6.07 Å². The molecule has 1 aromatic rings. The molecule has 1 aromatic carbocycles. The van der Waals surface area contributed by atoms with Gasteiger partial charge in [-0.25, -0.2) is 0 Å². The number of aromatic hydroxyl groups is 1. The van der Waals surface area contributed by atoms with E-state index in [1.54, 1.807) is 34.9 Å². The molecule has 1 unspecified atom stereocenters. The van der Waals surface area contributed by atoms with Crippen LogP contribution in [-0.2, 0) is 0 Å². The molecule has 0 spiro atoms. The van der Waals surface area contributed by atoms with Crippen molar-refractivity contribution in [3.8, 4) is 5.75 Å². The predicted octanol–water partition coefficient (Wildman–Crippen LogP) is 2.61. The van der Waals surface area contributed by atoms with Gasteiger partial charge in [-0.2, -0.15) is 11.8 Å². The summed E-state index contributed by atoms with van der Waals surface area (Å²) >= 11 is 1.74. The van der Waals surface area contributed by atoms with Gasteiger partial charge < -0.3 is 10.0 Å². The van der Waals surface area contributed by atoms with E-state index in [2.05, 4.69) is 6.92 Å². The predicted molar refractivity (Wildman–Crippen MR) is 72.7 cm³/mol. The van der Waals surface area contributed by atoms with Gasteiger partial charge in [0.15, 0.2) is 0 Å². The lowest BCUT2D eigenvalue weighted by molar-refractivity contribution is 0.0743. The first-order chi connectivity index (χ1) is 8.10. The van der Waals surface area contributed by atoms with Crippen LogP contribution in [0.5, 0.6) is 5.75 Å². The largest absolute Gasteiger partial charge is 0.508 e. The van der Waals surface area contributed by atoms with Crippen LogP contribution in [0.25, 0.3) is 0 Å². The van der Waals surface area contributed by atoms with E-state index in [1.807, 2.05) is 13.3 Å². The molecule has 1 amide bonds. The number of rotatable bonds is 5. The molecular formula is C13H19NO2S.